The standard InChI is InChI=1S/C15H14BrNO6/c1-3-4-23-14-12(19)7(16)5-8-11(13(14)22-2)10(18)6-9(17-8)15(20)21/h5-6H,3-4H2,1-2H3,(H,17,18)(H,20,21). The Labute approximate surface area is 139 Å². The Morgan fingerprint density at radius 3 is 2.57 bits per heavy atom. The van der Waals surface area contributed by atoms with E-state index < -0.39 is 16.8 Å². The number of halogens is 1. The Morgan fingerprint density at radius 1 is 1.30 bits per heavy atom. The number of hydrogen-bond acceptors (Lipinski definition) is 5. The summed E-state index contributed by atoms with van der Waals surface area (Å²) in [4.78, 5) is 38.4. The maximum atomic E-state index is 12.4. The number of hydrogen-bond donors (Lipinski definition) is 2. The molecule has 122 valence electrons. The summed E-state index contributed by atoms with van der Waals surface area (Å²) in [7, 11) is 1.31. The van der Waals surface area contributed by atoms with Crippen LogP contribution in [0.3, 0.4) is 0 Å². The van der Waals surface area contributed by atoms with Gasteiger partial charge in [-0.25, -0.2) is 4.79 Å². The predicted molar refractivity (Wildman–Crippen MR) is 87.8 cm³/mol. The van der Waals surface area contributed by atoms with E-state index in [2.05, 4.69) is 20.9 Å². The van der Waals surface area contributed by atoms with Crippen molar-refractivity contribution in [3.63, 3.8) is 0 Å². The molecule has 23 heavy (non-hydrogen) atoms. The number of methoxy groups -OCH3 is 1. The molecule has 0 unspecified atom stereocenters. The zero-order valence-corrected chi connectivity index (χ0v) is 14.0. The van der Waals surface area contributed by atoms with Crippen LogP contribution in [0.25, 0.3) is 10.9 Å². The van der Waals surface area contributed by atoms with Crippen molar-refractivity contribution in [1.29, 1.82) is 0 Å². The largest absolute Gasteiger partial charge is 0.492 e. The second-order valence-electron chi connectivity index (χ2n) is 4.67. The van der Waals surface area contributed by atoms with Crippen LogP contribution in [-0.4, -0.2) is 29.8 Å². The molecule has 0 atom stereocenters. The number of aromatic amines is 1. The molecule has 7 nitrogen and oxygen atoms in total. The van der Waals surface area contributed by atoms with Crippen LogP contribution < -0.4 is 20.3 Å². The molecule has 1 aromatic carbocycles. The molecule has 0 aliphatic heterocycles. The molecule has 0 fully saturated rings. The minimum Gasteiger partial charge on any atom is -0.492 e. The molecular formula is C15H14BrNO6. The van der Waals surface area contributed by atoms with E-state index in [1.165, 1.54) is 13.2 Å². The molecule has 8 heteroatoms. The highest BCUT2D eigenvalue weighted by molar-refractivity contribution is 9.10. The molecule has 1 aromatic heterocycles. The van der Waals surface area contributed by atoms with Gasteiger partial charge in [0.1, 0.15) is 5.69 Å². The van der Waals surface area contributed by atoms with E-state index in [0.717, 1.165) is 6.07 Å². The lowest BCUT2D eigenvalue weighted by molar-refractivity contribution is 0.0691. The third-order valence-electron chi connectivity index (χ3n) is 3.07. The van der Waals surface area contributed by atoms with Gasteiger partial charge in [-0.15, -0.1) is 0 Å². The van der Waals surface area contributed by atoms with Gasteiger partial charge in [0.05, 0.1) is 29.1 Å². The van der Waals surface area contributed by atoms with Gasteiger partial charge in [-0.3, -0.25) is 9.59 Å². The molecule has 0 saturated carbocycles. The van der Waals surface area contributed by atoms with Crippen LogP contribution in [-0.2, 0) is 0 Å². The van der Waals surface area contributed by atoms with Gasteiger partial charge in [-0.2, -0.15) is 0 Å². The average molecular weight is 384 g/mol. The minimum atomic E-state index is -1.28. The summed E-state index contributed by atoms with van der Waals surface area (Å²) in [5.41, 5.74) is -1.21. The summed E-state index contributed by atoms with van der Waals surface area (Å²) in [6.07, 6.45) is 0.663. The van der Waals surface area contributed by atoms with Crippen LogP contribution in [0.1, 0.15) is 23.8 Å². The monoisotopic (exact) mass is 383 g/mol. The zero-order valence-electron chi connectivity index (χ0n) is 12.4. The number of carboxylic acid groups (broad SMARTS) is 1. The molecule has 0 amide bonds. The lowest BCUT2D eigenvalue weighted by Gasteiger charge is -2.08. The molecule has 0 spiro atoms. The second kappa shape index (κ2) is 6.82. The number of aromatic nitrogens is 1. The quantitative estimate of drug-likeness (QED) is 0.819. The van der Waals surface area contributed by atoms with E-state index in [4.69, 9.17) is 14.6 Å². The van der Waals surface area contributed by atoms with Crippen LogP contribution in [0.15, 0.2) is 26.2 Å². The Kier molecular flexibility index (Phi) is 5.05. The predicted octanol–water partition coefficient (Wildman–Crippen LogP) is 2.15. The number of fused-ring (bicyclic) bond motifs is 1. The molecule has 0 aliphatic rings. The maximum absolute atomic E-state index is 12.4. The number of ether oxygens (including phenoxy) is 2. The van der Waals surface area contributed by atoms with Crippen molar-refractivity contribution in [2.75, 3.05) is 13.7 Å². The Hall–Kier alpha value is -2.35. The van der Waals surface area contributed by atoms with Crippen LogP contribution in [0.4, 0.5) is 0 Å². The van der Waals surface area contributed by atoms with Gasteiger partial charge in [0, 0.05) is 6.07 Å². The van der Waals surface area contributed by atoms with Gasteiger partial charge < -0.3 is 19.6 Å². The van der Waals surface area contributed by atoms with Crippen LogP contribution in [0, 0.1) is 0 Å². The number of rotatable bonds is 5. The number of carboxylic acids is 1. The first-order chi connectivity index (χ1) is 10.9. The Morgan fingerprint density at radius 2 is 2.00 bits per heavy atom. The van der Waals surface area contributed by atoms with Gasteiger partial charge in [0.2, 0.25) is 11.2 Å². The van der Waals surface area contributed by atoms with Gasteiger partial charge in [0.25, 0.3) is 0 Å². The van der Waals surface area contributed by atoms with Crippen LogP contribution >= 0.6 is 15.9 Å². The van der Waals surface area contributed by atoms with E-state index in [1.54, 1.807) is 0 Å². The fraction of sp³-hybridized carbons (Fsp3) is 0.267. The molecule has 2 N–H and O–H groups in total. The summed E-state index contributed by atoms with van der Waals surface area (Å²) >= 11 is 3.12. The van der Waals surface area contributed by atoms with Crippen LogP contribution in [0.2, 0.25) is 0 Å². The van der Waals surface area contributed by atoms with E-state index in [9.17, 15) is 14.4 Å². The summed E-state index contributed by atoms with van der Waals surface area (Å²) in [5.74, 6) is -1.40. The topological polar surface area (TPSA) is 106 Å². The van der Waals surface area contributed by atoms with Crippen molar-refractivity contribution in [2.45, 2.75) is 13.3 Å². The van der Waals surface area contributed by atoms with Crippen molar-refractivity contribution in [3.8, 4) is 11.5 Å². The SMILES string of the molecule is CCCOc1c(OC)c2c(=O)cc(C(=O)O)[nH]c2cc(Br)c1=O. The van der Waals surface area contributed by atoms with Crippen LogP contribution in [0.5, 0.6) is 11.5 Å². The Balaban J connectivity index is 3.00. The smallest absolute Gasteiger partial charge is 0.352 e. The lowest BCUT2D eigenvalue weighted by atomic mass is 10.2. The van der Waals surface area contributed by atoms with Gasteiger partial charge in [-0.1, -0.05) is 6.92 Å². The van der Waals surface area contributed by atoms with E-state index in [1.807, 2.05) is 6.92 Å². The summed E-state index contributed by atoms with van der Waals surface area (Å²) < 4.78 is 10.8. The van der Waals surface area contributed by atoms with Crippen molar-refractivity contribution in [1.82, 2.24) is 4.98 Å². The Bertz CT molecular complexity index is 890. The molecule has 0 saturated heterocycles. The molecule has 2 rings (SSSR count). The highest BCUT2D eigenvalue weighted by Crippen LogP contribution is 2.30. The normalized spacial score (nSPS) is 10.6. The fourth-order valence-corrected chi connectivity index (χ4v) is 2.49. The summed E-state index contributed by atoms with van der Waals surface area (Å²) in [6.45, 7) is 2.15. The summed E-state index contributed by atoms with van der Waals surface area (Å²) in [5, 5.41) is 9.10. The van der Waals surface area contributed by atoms with Gasteiger partial charge in [-0.05, 0) is 28.4 Å². The molecular weight excluding hydrogens is 370 g/mol. The number of pyridine rings is 1. The molecule has 0 aliphatic carbocycles. The fourth-order valence-electron chi connectivity index (χ4n) is 2.08. The van der Waals surface area contributed by atoms with Gasteiger partial charge in [0.15, 0.2) is 11.2 Å². The third kappa shape index (κ3) is 3.21. The summed E-state index contributed by atoms with van der Waals surface area (Å²) in [6, 6.07) is 2.28. The van der Waals surface area contributed by atoms with E-state index in [-0.39, 0.29) is 39.2 Å². The molecule has 0 bridgehead atoms. The lowest BCUT2D eigenvalue weighted by Crippen LogP contribution is -2.11. The van der Waals surface area contributed by atoms with Crippen molar-refractivity contribution in [3.05, 3.63) is 42.7 Å². The first kappa shape index (κ1) is 17.0. The van der Waals surface area contributed by atoms with Crippen molar-refractivity contribution < 1.29 is 19.4 Å². The maximum Gasteiger partial charge on any atom is 0.352 e. The average Bonchev–Trinajstić information content (AvgIpc) is 2.60. The zero-order chi connectivity index (χ0) is 17.1. The van der Waals surface area contributed by atoms with E-state index in [0.29, 0.717) is 6.42 Å². The van der Waals surface area contributed by atoms with E-state index >= 15 is 0 Å². The number of carbonyl (C=O) groups is 1. The first-order valence-electron chi connectivity index (χ1n) is 6.74. The number of nitrogens with one attached hydrogen (secondary N) is 1. The highest BCUT2D eigenvalue weighted by atomic mass is 79.9. The second-order valence-corrected chi connectivity index (χ2v) is 5.53. The molecule has 1 heterocycles. The number of aromatic carboxylic acids is 1. The number of H-pyrrole nitrogens is 1. The molecule has 2 aromatic rings. The molecule has 0 radical (unpaired) electrons. The first-order valence-corrected chi connectivity index (χ1v) is 7.53. The minimum absolute atomic E-state index is 0.0256. The third-order valence-corrected chi connectivity index (χ3v) is 3.66. The highest BCUT2D eigenvalue weighted by Gasteiger charge is 2.19. The van der Waals surface area contributed by atoms with Crippen molar-refractivity contribution >= 4 is 32.8 Å². The van der Waals surface area contributed by atoms with Crippen molar-refractivity contribution in [2.24, 2.45) is 0 Å². The van der Waals surface area contributed by atoms with Gasteiger partial charge >= 0.3 is 5.97 Å².